The predicted molar refractivity (Wildman–Crippen MR) is 116 cm³/mol. The van der Waals surface area contributed by atoms with Crippen molar-refractivity contribution in [1.82, 2.24) is 0 Å². The summed E-state index contributed by atoms with van der Waals surface area (Å²) >= 11 is 2.37. The second kappa shape index (κ2) is 10.3. The second-order valence-electron chi connectivity index (χ2n) is 8.29. The molecule has 0 bridgehead atoms. The largest absolute Gasteiger partial charge is 0.482 e. The second-order valence-corrected chi connectivity index (χ2v) is 9.37. The highest BCUT2D eigenvalue weighted by molar-refractivity contribution is 14.1. The van der Waals surface area contributed by atoms with E-state index in [0.29, 0.717) is 17.6 Å². The summed E-state index contributed by atoms with van der Waals surface area (Å²) in [7, 11) is 0. The molecule has 1 aromatic rings. The number of hydrogen-bond donors (Lipinski definition) is 3. The Morgan fingerprint density at radius 1 is 1.25 bits per heavy atom. The number of aliphatic hydroxyl groups is 2. The summed E-state index contributed by atoms with van der Waals surface area (Å²) < 4.78 is 6.63. The van der Waals surface area contributed by atoms with Crippen LogP contribution in [0.3, 0.4) is 0 Å². The van der Waals surface area contributed by atoms with Crippen LogP contribution < -0.4 is 4.74 Å². The lowest BCUT2D eigenvalue weighted by Crippen LogP contribution is -2.28. The minimum atomic E-state index is -0.973. The number of fused-ring (bicyclic) bond motifs is 2. The van der Waals surface area contributed by atoms with Gasteiger partial charge in [-0.2, -0.15) is 0 Å². The number of carboxylic acid groups (broad SMARTS) is 1. The van der Waals surface area contributed by atoms with Crippen molar-refractivity contribution in [3.63, 3.8) is 0 Å². The predicted octanol–water partition coefficient (Wildman–Crippen LogP) is 3.61. The van der Waals surface area contributed by atoms with Gasteiger partial charge in [0.05, 0.1) is 12.2 Å². The van der Waals surface area contributed by atoms with Crippen LogP contribution in [0.5, 0.6) is 5.75 Å². The Bertz CT molecular complexity index is 664. The average Bonchev–Trinajstić information content (AvgIpc) is 2.97. The van der Waals surface area contributed by atoms with Crippen LogP contribution in [0.15, 0.2) is 18.2 Å². The molecule has 156 valence electrons. The number of unbranched alkanes of at least 4 members (excludes halogenated alkanes) is 1. The Morgan fingerprint density at radius 3 is 2.82 bits per heavy atom. The van der Waals surface area contributed by atoms with Gasteiger partial charge >= 0.3 is 5.97 Å². The van der Waals surface area contributed by atoms with Crippen molar-refractivity contribution >= 4 is 28.6 Å². The Hall–Kier alpha value is -0.860. The topological polar surface area (TPSA) is 87.0 Å². The summed E-state index contributed by atoms with van der Waals surface area (Å²) in [6.45, 7) is -0.328. The molecule has 3 N–H and O–H groups in total. The van der Waals surface area contributed by atoms with Crippen LogP contribution >= 0.6 is 22.6 Å². The molecule has 1 fully saturated rings. The molecule has 0 heterocycles. The van der Waals surface area contributed by atoms with Crippen molar-refractivity contribution in [2.45, 2.75) is 63.6 Å². The Kier molecular flexibility index (Phi) is 8.00. The number of aliphatic hydroxyl groups excluding tert-OH is 2. The number of hydrogen-bond acceptors (Lipinski definition) is 4. The van der Waals surface area contributed by atoms with Gasteiger partial charge in [-0.1, -0.05) is 41.1 Å². The third kappa shape index (κ3) is 5.39. The van der Waals surface area contributed by atoms with E-state index in [1.165, 1.54) is 5.56 Å². The molecule has 28 heavy (non-hydrogen) atoms. The van der Waals surface area contributed by atoms with Crippen molar-refractivity contribution in [1.29, 1.82) is 0 Å². The summed E-state index contributed by atoms with van der Waals surface area (Å²) in [6.07, 6.45) is 6.65. The van der Waals surface area contributed by atoms with Crippen LogP contribution in [0.2, 0.25) is 0 Å². The van der Waals surface area contributed by atoms with Crippen molar-refractivity contribution in [2.24, 2.45) is 17.8 Å². The molecule has 5 atom stereocenters. The van der Waals surface area contributed by atoms with E-state index in [4.69, 9.17) is 9.84 Å². The van der Waals surface area contributed by atoms with Crippen molar-refractivity contribution in [3.05, 3.63) is 29.3 Å². The number of alkyl halides is 1. The smallest absolute Gasteiger partial charge is 0.341 e. The lowest BCUT2D eigenvalue weighted by molar-refractivity contribution is -0.139. The standard InChI is InChI=1S/C22H31IO5/c23-9-2-1-5-16(24)7-8-17-18-10-14-4-3-6-21(28-13-22(26)27)19(14)11-15(18)12-20(17)25/h3-4,6,15-18,20,24-25H,1-2,5,7-13H2,(H,26,27)/t15-,16-,17+,18-,20+/m0/s1. The van der Waals surface area contributed by atoms with Crippen LogP contribution in [0.25, 0.3) is 0 Å². The van der Waals surface area contributed by atoms with E-state index < -0.39 is 5.97 Å². The molecule has 2 aliphatic rings. The molecular formula is C22H31IO5. The fourth-order valence-electron chi connectivity index (χ4n) is 5.08. The summed E-state index contributed by atoms with van der Waals surface area (Å²) in [4.78, 5) is 10.8. The van der Waals surface area contributed by atoms with Crippen LogP contribution in [0.4, 0.5) is 0 Å². The molecule has 1 saturated carbocycles. The molecule has 1 aromatic carbocycles. The van der Waals surface area contributed by atoms with Gasteiger partial charge in [0.1, 0.15) is 5.75 Å². The van der Waals surface area contributed by atoms with Crippen LogP contribution in [0.1, 0.15) is 49.7 Å². The zero-order chi connectivity index (χ0) is 20.1. The summed E-state index contributed by atoms with van der Waals surface area (Å²) in [5.74, 6) is 0.764. The van der Waals surface area contributed by atoms with Gasteiger partial charge < -0.3 is 20.1 Å². The maximum Gasteiger partial charge on any atom is 0.341 e. The van der Waals surface area contributed by atoms with Gasteiger partial charge in [-0.05, 0) is 84.3 Å². The maximum absolute atomic E-state index is 10.8. The monoisotopic (exact) mass is 502 g/mol. The summed E-state index contributed by atoms with van der Waals surface area (Å²) in [5, 5.41) is 29.8. The third-order valence-corrected chi connectivity index (χ3v) is 7.21. The Morgan fingerprint density at radius 2 is 2.07 bits per heavy atom. The lowest BCUT2D eigenvalue weighted by atomic mass is 9.73. The molecule has 0 spiro atoms. The van der Waals surface area contributed by atoms with Gasteiger partial charge in [-0.3, -0.25) is 0 Å². The fraction of sp³-hybridized carbons (Fsp3) is 0.682. The van der Waals surface area contributed by atoms with Gasteiger partial charge in [-0.25, -0.2) is 4.79 Å². The van der Waals surface area contributed by atoms with Crippen molar-refractivity contribution in [3.8, 4) is 5.75 Å². The van der Waals surface area contributed by atoms with Crippen molar-refractivity contribution < 1.29 is 24.9 Å². The highest BCUT2D eigenvalue weighted by Gasteiger charge is 2.44. The van der Waals surface area contributed by atoms with E-state index in [0.717, 1.165) is 61.4 Å². The molecule has 6 heteroatoms. The van der Waals surface area contributed by atoms with E-state index in [2.05, 4.69) is 28.7 Å². The SMILES string of the molecule is O=C(O)COc1cccc2c1C[C@H]1C[C@@H](O)[C@H](CC[C@@H](O)CCCCI)[C@H]1C2. The van der Waals surface area contributed by atoms with Gasteiger partial charge in [0.15, 0.2) is 6.61 Å². The highest BCUT2D eigenvalue weighted by Crippen LogP contribution is 2.48. The average molecular weight is 502 g/mol. The zero-order valence-corrected chi connectivity index (χ0v) is 18.4. The minimum Gasteiger partial charge on any atom is -0.482 e. The first kappa shape index (κ1) is 21.8. The lowest BCUT2D eigenvalue weighted by Gasteiger charge is -2.32. The molecule has 0 unspecified atom stereocenters. The normalized spacial score (nSPS) is 27.1. The molecule has 0 aromatic heterocycles. The number of aliphatic carboxylic acids is 1. The number of ether oxygens (including phenoxy) is 1. The van der Waals surface area contributed by atoms with Crippen LogP contribution in [-0.4, -0.2) is 44.5 Å². The third-order valence-electron chi connectivity index (χ3n) is 6.45. The van der Waals surface area contributed by atoms with Gasteiger partial charge in [0, 0.05) is 0 Å². The van der Waals surface area contributed by atoms with Gasteiger partial charge in [-0.15, -0.1) is 0 Å². The number of benzene rings is 1. The summed E-state index contributed by atoms with van der Waals surface area (Å²) in [6, 6.07) is 5.87. The molecule has 3 rings (SSSR count). The van der Waals surface area contributed by atoms with Crippen LogP contribution in [-0.2, 0) is 17.6 Å². The van der Waals surface area contributed by atoms with E-state index in [-0.39, 0.29) is 24.7 Å². The van der Waals surface area contributed by atoms with E-state index >= 15 is 0 Å². The molecule has 2 aliphatic carbocycles. The number of carbonyl (C=O) groups is 1. The molecule has 0 radical (unpaired) electrons. The van der Waals surface area contributed by atoms with Gasteiger partial charge in [0.25, 0.3) is 0 Å². The number of rotatable bonds is 10. The first-order valence-corrected chi connectivity index (χ1v) is 11.9. The maximum atomic E-state index is 10.8. The highest BCUT2D eigenvalue weighted by atomic mass is 127. The Balaban J connectivity index is 1.62. The Labute approximate surface area is 180 Å². The fourth-order valence-corrected chi connectivity index (χ4v) is 5.62. The van der Waals surface area contributed by atoms with E-state index in [9.17, 15) is 15.0 Å². The minimum absolute atomic E-state index is 0.237. The molecule has 0 aliphatic heterocycles. The molecule has 0 amide bonds. The van der Waals surface area contributed by atoms with Crippen LogP contribution in [0, 0.1) is 17.8 Å². The van der Waals surface area contributed by atoms with E-state index in [1.54, 1.807) is 0 Å². The number of halogens is 1. The molecule has 0 saturated heterocycles. The first-order valence-electron chi connectivity index (χ1n) is 10.4. The van der Waals surface area contributed by atoms with Crippen molar-refractivity contribution in [2.75, 3.05) is 11.0 Å². The molecule has 5 nitrogen and oxygen atoms in total. The van der Waals surface area contributed by atoms with Gasteiger partial charge in [0.2, 0.25) is 0 Å². The van der Waals surface area contributed by atoms with E-state index in [1.807, 2.05) is 12.1 Å². The summed E-state index contributed by atoms with van der Waals surface area (Å²) in [5.41, 5.74) is 2.32. The molecular weight excluding hydrogens is 471 g/mol. The zero-order valence-electron chi connectivity index (χ0n) is 16.2. The number of carboxylic acids is 1. The first-order chi connectivity index (χ1) is 13.5. The quantitative estimate of drug-likeness (QED) is 0.259.